The summed E-state index contributed by atoms with van der Waals surface area (Å²) >= 11 is 6.09. The molecule has 0 heterocycles. The maximum absolute atomic E-state index is 13.2. The lowest BCUT2D eigenvalue weighted by atomic mass is 10.1. The molecule has 0 fully saturated rings. The maximum Gasteiger partial charge on any atom is 0.226 e. The van der Waals surface area contributed by atoms with Crippen LogP contribution < -0.4 is 15.0 Å². The standard InChI is InChI=1S/C19H19ClF2N2O3/c1-11-8-17(18(27-3)10-14(11)20)24(12(2)25)7-6-19(26)23-13-4-5-15(21)16(22)9-13/h4-5,8-10H,6-7H2,1-3H3,(H,23,26). The topological polar surface area (TPSA) is 58.6 Å². The van der Waals surface area contributed by atoms with Gasteiger partial charge in [0.05, 0.1) is 12.8 Å². The number of aryl methyl sites for hydroxylation is 1. The zero-order valence-electron chi connectivity index (χ0n) is 15.1. The van der Waals surface area contributed by atoms with Crippen molar-refractivity contribution in [3.05, 3.63) is 52.6 Å². The number of benzene rings is 2. The number of nitrogens with zero attached hydrogens (tertiary/aromatic N) is 1. The van der Waals surface area contributed by atoms with Crippen LogP contribution in [0.5, 0.6) is 5.75 Å². The molecular weight excluding hydrogens is 378 g/mol. The second kappa shape index (κ2) is 8.81. The Morgan fingerprint density at radius 2 is 1.89 bits per heavy atom. The fourth-order valence-corrected chi connectivity index (χ4v) is 2.63. The van der Waals surface area contributed by atoms with Crippen LogP contribution >= 0.6 is 11.6 Å². The van der Waals surface area contributed by atoms with Gasteiger partial charge in [-0.2, -0.15) is 0 Å². The van der Waals surface area contributed by atoms with Gasteiger partial charge < -0.3 is 15.0 Å². The molecule has 2 aromatic rings. The molecule has 0 bridgehead atoms. The lowest BCUT2D eigenvalue weighted by Crippen LogP contribution is -2.32. The SMILES string of the molecule is COc1cc(Cl)c(C)cc1N(CCC(=O)Nc1ccc(F)c(F)c1)C(C)=O. The van der Waals surface area contributed by atoms with Gasteiger partial charge in [-0.15, -0.1) is 0 Å². The molecule has 5 nitrogen and oxygen atoms in total. The molecule has 0 aliphatic carbocycles. The van der Waals surface area contributed by atoms with Gasteiger partial charge in [-0.1, -0.05) is 11.6 Å². The molecule has 0 aliphatic heterocycles. The van der Waals surface area contributed by atoms with Crippen molar-refractivity contribution in [1.82, 2.24) is 0 Å². The number of rotatable bonds is 6. The molecule has 144 valence electrons. The first-order chi connectivity index (χ1) is 12.7. The molecule has 0 saturated carbocycles. The minimum atomic E-state index is -1.06. The van der Waals surface area contributed by atoms with Gasteiger partial charge in [-0.3, -0.25) is 9.59 Å². The van der Waals surface area contributed by atoms with Crippen LogP contribution in [0.2, 0.25) is 5.02 Å². The molecule has 27 heavy (non-hydrogen) atoms. The minimum Gasteiger partial charge on any atom is -0.495 e. The summed E-state index contributed by atoms with van der Waals surface area (Å²) in [6.07, 6.45) is -0.0522. The smallest absolute Gasteiger partial charge is 0.226 e. The quantitative estimate of drug-likeness (QED) is 0.791. The van der Waals surface area contributed by atoms with Crippen LogP contribution in [0.4, 0.5) is 20.2 Å². The summed E-state index contributed by atoms with van der Waals surface area (Å²) in [6, 6.07) is 6.37. The monoisotopic (exact) mass is 396 g/mol. The Morgan fingerprint density at radius 1 is 1.19 bits per heavy atom. The highest BCUT2D eigenvalue weighted by Gasteiger charge is 2.19. The molecular formula is C19H19ClF2N2O3. The fraction of sp³-hybridized carbons (Fsp3) is 0.263. The molecule has 0 spiro atoms. The third-order valence-electron chi connectivity index (χ3n) is 3.90. The van der Waals surface area contributed by atoms with E-state index in [0.717, 1.165) is 17.7 Å². The number of hydrogen-bond donors (Lipinski definition) is 1. The third kappa shape index (κ3) is 5.17. The molecule has 0 atom stereocenters. The van der Waals surface area contributed by atoms with E-state index >= 15 is 0 Å². The summed E-state index contributed by atoms with van der Waals surface area (Å²) in [5.41, 5.74) is 1.38. The van der Waals surface area contributed by atoms with Crippen LogP contribution in [0, 0.1) is 18.6 Å². The number of carbonyl (C=O) groups excluding carboxylic acids is 2. The fourth-order valence-electron chi connectivity index (χ4n) is 2.48. The van der Waals surface area contributed by atoms with E-state index in [4.69, 9.17) is 16.3 Å². The molecule has 0 aliphatic rings. The molecule has 2 rings (SSSR count). The normalized spacial score (nSPS) is 10.4. The molecule has 2 amide bonds. The summed E-state index contributed by atoms with van der Waals surface area (Å²) in [5, 5.41) is 2.96. The Balaban J connectivity index is 2.13. The lowest BCUT2D eigenvalue weighted by Gasteiger charge is -2.24. The second-order valence-corrected chi connectivity index (χ2v) is 6.28. The number of amides is 2. The van der Waals surface area contributed by atoms with Crippen LogP contribution in [0.25, 0.3) is 0 Å². The van der Waals surface area contributed by atoms with Crippen molar-refractivity contribution in [2.75, 3.05) is 23.9 Å². The number of ether oxygens (including phenoxy) is 1. The van der Waals surface area contributed by atoms with Gasteiger partial charge in [-0.05, 0) is 30.7 Å². The van der Waals surface area contributed by atoms with Gasteiger partial charge in [-0.25, -0.2) is 8.78 Å². The maximum atomic E-state index is 13.2. The molecule has 0 saturated heterocycles. The first-order valence-corrected chi connectivity index (χ1v) is 8.48. The van der Waals surface area contributed by atoms with E-state index in [1.54, 1.807) is 19.1 Å². The number of carbonyl (C=O) groups is 2. The van der Waals surface area contributed by atoms with Crippen molar-refractivity contribution in [3.8, 4) is 5.75 Å². The van der Waals surface area contributed by atoms with E-state index in [2.05, 4.69) is 5.32 Å². The minimum absolute atomic E-state index is 0.0522. The van der Waals surface area contributed by atoms with E-state index in [1.807, 2.05) is 0 Å². The summed E-state index contributed by atoms with van der Waals surface area (Å²) in [5.74, 6) is -2.38. The van der Waals surface area contributed by atoms with E-state index in [0.29, 0.717) is 16.5 Å². The number of nitrogens with one attached hydrogen (secondary N) is 1. The van der Waals surface area contributed by atoms with Gasteiger partial charge in [0.15, 0.2) is 11.6 Å². The van der Waals surface area contributed by atoms with Crippen molar-refractivity contribution in [2.24, 2.45) is 0 Å². The highest BCUT2D eigenvalue weighted by Crippen LogP contribution is 2.34. The summed E-state index contributed by atoms with van der Waals surface area (Å²) in [6.45, 7) is 3.23. The van der Waals surface area contributed by atoms with E-state index < -0.39 is 17.5 Å². The molecule has 0 aromatic heterocycles. The Labute approximate surface area is 160 Å². The van der Waals surface area contributed by atoms with Crippen LogP contribution in [0.1, 0.15) is 18.9 Å². The number of methoxy groups -OCH3 is 1. The average Bonchev–Trinajstić information content (AvgIpc) is 2.60. The lowest BCUT2D eigenvalue weighted by molar-refractivity contribution is -0.117. The Morgan fingerprint density at radius 3 is 2.48 bits per heavy atom. The van der Waals surface area contributed by atoms with Crippen molar-refractivity contribution < 1.29 is 23.1 Å². The zero-order chi connectivity index (χ0) is 20.1. The van der Waals surface area contributed by atoms with Crippen LogP contribution in [-0.4, -0.2) is 25.5 Å². The molecule has 0 unspecified atom stereocenters. The highest BCUT2D eigenvalue weighted by molar-refractivity contribution is 6.31. The van der Waals surface area contributed by atoms with Crippen molar-refractivity contribution in [1.29, 1.82) is 0 Å². The Kier molecular flexibility index (Phi) is 6.74. The Hall–Kier alpha value is -2.67. The summed E-state index contributed by atoms with van der Waals surface area (Å²) in [4.78, 5) is 25.6. The van der Waals surface area contributed by atoms with Crippen molar-refractivity contribution in [2.45, 2.75) is 20.3 Å². The van der Waals surface area contributed by atoms with Gasteiger partial charge >= 0.3 is 0 Å². The van der Waals surface area contributed by atoms with Crippen LogP contribution in [-0.2, 0) is 9.59 Å². The molecule has 8 heteroatoms. The second-order valence-electron chi connectivity index (χ2n) is 5.87. The molecule has 1 N–H and O–H groups in total. The first kappa shape index (κ1) is 20.6. The van der Waals surface area contributed by atoms with Gasteiger partial charge in [0.2, 0.25) is 11.8 Å². The number of halogens is 3. The zero-order valence-corrected chi connectivity index (χ0v) is 15.9. The number of anilines is 2. The van der Waals surface area contributed by atoms with E-state index in [1.165, 1.54) is 25.0 Å². The van der Waals surface area contributed by atoms with Crippen LogP contribution in [0.15, 0.2) is 30.3 Å². The van der Waals surface area contributed by atoms with Crippen molar-refractivity contribution in [3.63, 3.8) is 0 Å². The summed E-state index contributed by atoms with van der Waals surface area (Å²) < 4.78 is 31.4. The summed E-state index contributed by atoms with van der Waals surface area (Å²) in [7, 11) is 1.46. The average molecular weight is 397 g/mol. The Bertz CT molecular complexity index is 874. The third-order valence-corrected chi connectivity index (χ3v) is 4.30. The van der Waals surface area contributed by atoms with Gasteiger partial charge in [0.25, 0.3) is 0 Å². The predicted octanol–water partition coefficient (Wildman–Crippen LogP) is 4.32. The largest absolute Gasteiger partial charge is 0.495 e. The van der Waals surface area contributed by atoms with Crippen LogP contribution in [0.3, 0.4) is 0 Å². The predicted molar refractivity (Wildman–Crippen MR) is 100 cm³/mol. The number of hydrogen-bond acceptors (Lipinski definition) is 3. The highest BCUT2D eigenvalue weighted by atomic mass is 35.5. The molecule has 2 aromatic carbocycles. The van der Waals surface area contributed by atoms with E-state index in [9.17, 15) is 18.4 Å². The van der Waals surface area contributed by atoms with E-state index in [-0.39, 0.29) is 24.6 Å². The van der Waals surface area contributed by atoms with Gasteiger partial charge in [0, 0.05) is 42.7 Å². The van der Waals surface area contributed by atoms with Gasteiger partial charge in [0.1, 0.15) is 5.75 Å². The molecule has 0 radical (unpaired) electrons. The van der Waals surface area contributed by atoms with Crippen molar-refractivity contribution >= 4 is 34.8 Å². The first-order valence-electron chi connectivity index (χ1n) is 8.10.